The Kier molecular flexibility index (Phi) is 2.83. The first-order chi connectivity index (χ1) is 7.77. The lowest BCUT2D eigenvalue weighted by atomic mass is 10.1. The summed E-state index contributed by atoms with van der Waals surface area (Å²) in [4.78, 5) is 0.905. The monoisotopic (exact) mass is 303 g/mol. The molecule has 0 bridgehead atoms. The van der Waals surface area contributed by atoms with Crippen LogP contribution in [-0.2, 0) is 14.2 Å². The minimum absolute atomic E-state index is 0.146. The van der Waals surface area contributed by atoms with Crippen LogP contribution in [0, 0.1) is 4.83 Å². The van der Waals surface area contributed by atoms with Gasteiger partial charge in [0.1, 0.15) is 0 Å². The van der Waals surface area contributed by atoms with E-state index in [0.717, 1.165) is 16.0 Å². The van der Waals surface area contributed by atoms with Crippen molar-refractivity contribution >= 4 is 27.5 Å². The van der Waals surface area contributed by atoms with Gasteiger partial charge in [0.05, 0.1) is 29.7 Å². The van der Waals surface area contributed by atoms with Crippen LogP contribution in [0.4, 0.5) is 0 Å². The predicted molar refractivity (Wildman–Crippen MR) is 62.8 cm³/mol. The standard InChI is InChI=1S/C11H9BrClO3/c12-9-7(13)5-6-1-2-14-10(8(6)9)11-15-3-4-16-11/h1-2,5,7,11H,3-4H2. The Morgan fingerprint density at radius 3 is 2.81 bits per heavy atom. The van der Waals surface area contributed by atoms with E-state index in [1.54, 1.807) is 6.26 Å². The van der Waals surface area contributed by atoms with Gasteiger partial charge in [-0.15, -0.1) is 11.6 Å². The van der Waals surface area contributed by atoms with Gasteiger partial charge in [-0.05, 0) is 11.6 Å². The van der Waals surface area contributed by atoms with Crippen molar-refractivity contribution in [3.63, 3.8) is 0 Å². The van der Waals surface area contributed by atoms with E-state index in [1.807, 2.05) is 12.2 Å². The van der Waals surface area contributed by atoms with E-state index in [1.165, 1.54) is 0 Å². The molecule has 85 valence electrons. The average Bonchev–Trinajstić information content (AvgIpc) is 2.88. The highest BCUT2D eigenvalue weighted by Gasteiger charge is 2.37. The second kappa shape index (κ2) is 4.18. The number of halogens is 2. The first kappa shape index (κ1) is 10.8. The summed E-state index contributed by atoms with van der Waals surface area (Å²) in [6.07, 6.45) is 5.06. The van der Waals surface area contributed by atoms with Gasteiger partial charge >= 0.3 is 0 Å². The molecule has 0 aromatic carbocycles. The van der Waals surface area contributed by atoms with Crippen molar-refractivity contribution in [2.24, 2.45) is 0 Å². The van der Waals surface area contributed by atoms with Crippen molar-refractivity contribution in [3.05, 3.63) is 40.1 Å². The molecule has 0 aromatic heterocycles. The molecule has 2 heterocycles. The molecule has 0 aromatic rings. The molecule has 0 saturated carbocycles. The van der Waals surface area contributed by atoms with E-state index in [9.17, 15) is 0 Å². The summed E-state index contributed by atoms with van der Waals surface area (Å²) in [5.74, 6) is 0.682. The average molecular weight is 305 g/mol. The number of fused-ring (bicyclic) bond motifs is 1. The van der Waals surface area contributed by atoms with Crippen LogP contribution < -0.4 is 0 Å². The molecule has 1 radical (unpaired) electrons. The fraction of sp³-hybridized carbons (Fsp3) is 0.364. The minimum atomic E-state index is -0.419. The third kappa shape index (κ3) is 1.64. The summed E-state index contributed by atoms with van der Waals surface area (Å²) in [7, 11) is 0. The van der Waals surface area contributed by atoms with E-state index in [-0.39, 0.29) is 5.38 Å². The fourth-order valence-corrected chi connectivity index (χ4v) is 2.71. The van der Waals surface area contributed by atoms with Crippen LogP contribution in [0.15, 0.2) is 35.3 Å². The lowest BCUT2D eigenvalue weighted by Crippen LogP contribution is -2.18. The van der Waals surface area contributed by atoms with Crippen LogP contribution in [0.2, 0.25) is 0 Å². The molecule has 1 fully saturated rings. The second-order valence-electron chi connectivity index (χ2n) is 3.61. The summed E-state index contributed by atoms with van der Waals surface area (Å²) >= 11 is 9.63. The lowest BCUT2D eigenvalue weighted by Gasteiger charge is -2.21. The van der Waals surface area contributed by atoms with E-state index < -0.39 is 6.29 Å². The second-order valence-corrected chi connectivity index (χ2v) is 4.93. The maximum absolute atomic E-state index is 6.14. The first-order valence-corrected chi connectivity index (χ1v) is 6.20. The van der Waals surface area contributed by atoms with Gasteiger partial charge in [0, 0.05) is 5.57 Å². The minimum Gasteiger partial charge on any atom is -0.464 e. The molecule has 1 unspecified atom stereocenters. The van der Waals surface area contributed by atoms with E-state index in [4.69, 9.17) is 25.8 Å². The first-order valence-electron chi connectivity index (χ1n) is 4.97. The number of rotatable bonds is 1. The molecular formula is C11H9BrClO3. The third-order valence-electron chi connectivity index (χ3n) is 2.62. The Morgan fingerprint density at radius 1 is 1.31 bits per heavy atom. The van der Waals surface area contributed by atoms with Crippen molar-refractivity contribution in [1.82, 2.24) is 0 Å². The molecule has 16 heavy (non-hydrogen) atoms. The molecule has 0 amide bonds. The predicted octanol–water partition coefficient (Wildman–Crippen LogP) is 2.63. The molecule has 1 atom stereocenters. The quantitative estimate of drug-likeness (QED) is 0.697. The molecule has 3 nitrogen and oxygen atoms in total. The Morgan fingerprint density at radius 2 is 2.06 bits per heavy atom. The maximum atomic E-state index is 6.14. The van der Waals surface area contributed by atoms with Crippen molar-refractivity contribution in [2.75, 3.05) is 13.2 Å². The van der Waals surface area contributed by atoms with Crippen molar-refractivity contribution in [3.8, 4) is 0 Å². The highest BCUT2D eigenvalue weighted by atomic mass is 79.9. The lowest BCUT2D eigenvalue weighted by molar-refractivity contribution is -0.0421. The largest absolute Gasteiger partial charge is 0.464 e. The molecule has 1 saturated heterocycles. The number of allylic oxidation sites excluding steroid dienone is 4. The molecule has 3 rings (SSSR count). The smallest absolute Gasteiger partial charge is 0.217 e. The normalized spacial score (nSPS) is 30.6. The zero-order valence-electron chi connectivity index (χ0n) is 8.28. The molecule has 1 aliphatic carbocycles. The highest BCUT2D eigenvalue weighted by molar-refractivity contribution is 9.11. The number of hydrogen-bond acceptors (Lipinski definition) is 3. The maximum Gasteiger partial charge on any atom is 0.217 e. The Labute approximate surface area is 107 Å². The van der Waals surface area contributed by atoms with Crippen LogP contribution >= 0.6 is 27.5 Å². The molecule has 0 N–H and O–H groups in total. The van der Waals surface area contributed by atoms with Crippen LogP contribution in [0.1, 0.15) is 0 Å². The Bertz CT molecular complexity index is 396. The van der Waals surface area contributed by atoms with Crippen LogP contribution in [0.3, 0.4) is 0 Å². The Balaban J connectivity index is 1.99. The zero-order chi connectivity index (χ0) is 11.1. The van der Waals surface area contributed by atoms with Gasteiger partial charge in [-0.3, -0.25) is 0 Å². The van der Waals surface area contributed by atoms with Crippen LogP contribution in [-0.4, -0.2) is 24.9 Å². The number of ether oxygens (including phenoxy) is 3. The molecule has 2 aliphatic heterocycles. The topological polar surface area (TPSA) is 27.7 Å². The molecular weight excluding hydrogens is 295 g/mol. The van der Waals surface area contributed by atoms with Crippen LogP contribution in [0.5, 0.6) is 0 Å². The van der Waals surface area contributed by atoms with E-state index >= 15 is 0 Å². The van der Waals surface area contributed by atoms with Gasteiger partial charge in [0.25, 0.3) is 0 Å². The van der Waals surface area contributed by atoms with Crippen molar-refractivity contribution in [1.29, 1.82) is 0 Å². The van der Waals surface area contributed by atoms with E-state index in [2.05, 4.69) is 15.9 Å². The fourth-order valence-electron chi connectivity index (χ4n) is 1.91. The van der Waals surface area contributed by atoms with Crippen molar-refractivity contribution in [2.45, 2.75) is 11.7 Å². The van der Waals surface area contributed by atoms with Gasteiger partial charge in [-0.2, -0.15) is 0 Å². The van der Waals surface area contributed by atoms with Gasteiger partial charge < -0.3 is 14.2 Å². The van der Waals surface area contributed by atoms with Gasteiger partial charge in [0.15, 0.2) is 5.76 Å². The molecule has 3 aliphatic rings. The number of hydrogen-bond donors (Lipinski definition) is 0. The van der Waals surface area contributed by atoms with Gasteiger partial charge in [-0.25, -0.2) is 0 Å². The van der Waals surface area contributed by atoms with Gasteiger partial charge in [-0.1, -0.05) is 22.0 Å². The van der Waals surface area contributed by atoms with Gasteiger partial charge in [0.2, 0.25) is 6.29 Å². The summed E-state index contributed by atoms with van der Waals surface area (Å²) in [6, 6.07) is 0. The molecule has 0 spiro atoms. The zero-order valence-corrected chi connectivity index (χ0v) is 10.6. The third-order valence-corrected chi connectivity index (χ3v) is 4.12. The Hall–Kier alpha value is -0.290. The van der Waals surface area contributed by atoms with Crippen LogP contribution in [0.25, 0.3) is 0 Å². The summed E-state index contributed by atoms with van der Waals surface area (Å²) in [5, 5.41) is -0.146. The SMILES string of the molecule is ClC1C=C2C=COC(C3OCCO3)=C2[C]1Br. The summed E-state index contributed by atoms with van der Waals surface area (Å²) in [6.45, 7) is 1.19. The van der Waals surface area contributed by atoms with Crippen molar-refractivity contribution < 1.29 is 14.2 Å². The molecule has 5 heteroatoms. The van der Waals surface area contributed by atoms with E-state index in [0.29, 0.717) is 19.0 Å². The highest BCUT2D eigenvalue weighted by Crippen LogP contribution is 2.46. The number of alkyl halides is 1. The summed E-state index contributed by atoms with van der Waals surface area (Å²) in [5.41, 5.74) is 2.00. The summed E-state index contributed by atoms with van der Waals surface area (Å²) < 4.78 is 16.4.